The molecule has 1 aromatic carbocycles. The molecule has 0 saturated heterocycles. The average Bonchev–Trinajstić information content (AvgIpc) is 3.84. The first-order valence-electron chi connectivity index (χ1n) is 13.0. The van der Waals surface area contributed by atoms with Crippen molar-refractivity contribution >= 4 is 27.4 Å². The highest BCUT2D eigenvalue weighted by atomic mass is 32.2. The predicted octanol–water partition coefficient (Wildman–Crippen LogP) is 3.85. The SMILES string of the molecule is CCOc1cncc(-c2ccc(NC(=O)C3(c4nccc(NS(=O)(=O)C5CC5)n4)CC4CC4C3)c(C)c2)n1. The fourth-order valence-electron chi connectivity index (χ4n) is 5.42. The lowest BCUT2D eigenvalue weighted by molar-refractivity contribution is -0.122. The van der Waals surface area contributed by atoms with Gasteiger partial charge in [0.2, 0.25) is 21.8 Å². The van der Waals surface area contributed by atoms with E-state index < -0.39 is 15.4 Å². The fraction of sp³-hybridized carbons (Fsp3) is 0.444. The van der Waals surface area contributed by atoms with E-state index in [0.29, 0.717) is 67.2 Å². The largest absolute Gasteiger partial charge is 0.477 e. The number of aromatic nitrogens is 4. The Morgan fingerprint density at radius 2 is 1.92 bits per heavy atom. The molecule has 2 N–H and O–H groups in total. The number of carbonyl (C=O) groups is 1. The molecule has 3 aliphatic carbocycles. The summed E-state index contributed by atoms with van der Waals surface area (Å²) in [4.78, 5) is 31.6. The number of benzene rings is 1. The number of hydrogen-bond acceptors (Lipinski definition) is 8. The summed E-state index contributed by atoms with van der Waals surface area (Å²) in [6, 6.07) is 7.25. The molecule has 10 nitrogen and oxygen atoms in total. The lowest BCUT2D eigenvalue weighted by Gasteiger charge is -2.28. The van der Waals surface area contributed by atoms with E-state index >= 15 is 0 Å². The quantitative estimate of drug-likeness (QED) is 0.422. The van der Waals surface area contributed by atoms with Crippen LogP contribution in [0, 0.1) is 18.8 Å². The number of sulfonamides is 1. The Kier molecular flexibility index (Phi) is 6.05. The zero-order valence-corrected chi connectivity index (χ0v) is 22.2. The summed E-state index contributed by atoms with van der Waals surface area (Å²) in [7, 11) is -3.47. The Balaban J connectivity index is 1.25. The van der Waals surface area contributed by atoms with Crippen molar-refractivity contribution in [2.45, 2.75) is 56.6 Å². The van der Waals surface area contributed by atoms with Gasteiger partial charge in [-0.25, -0.2) is 23.4 Å². The van der Waals surface area contributed by atoms with Crippen molar-refractivity contribution in [1.29, 1.82) is 0 Å². The van der Waals surface area contributed by atoms with Crippen molar-refractivity contribution in [2.75, 3.05) is 16.6 Å². The topological polar surface area (TPSA) is 136 Å². The van der Waals surface area contributed by atoms with Gasteiger partial charge in [-0.15, -0.1) is 0 Å². The molecule has 11 heteroatoms. The van der Waals surface area contributed by atoms with Gasteiger partial charge < -0.3 is 10.1 Å². The maximum absolute atomic E-state index is 13.9. The number of nitrogens with zero attached hydrogens (tertiary/aromatic N) is 4. The van der Waals surface area contributed by atoms with Gasteiger partial charge in [-0.1, -0.05) is 6.07 Å². The van der Waals surface area contributed by atoms with Crippen molar-refractivity contribution in [2.24, 2.45) is 11.8 Å². The van der Waals surface area contributed by atoms with Crippen molar-refractivity contribution < 1.29 is 17.9 Å². The zero-order chi connectivity index (χ0) is 26.5. The van der Waals surface area contributed by atoms with E-state index in [1.54, 1.807) is 12.4 Å². The average molecular weight is 535 g/mol. The molecule has 1 amide bonds. The van der Waals surface area contributed by atoms with E-state index in [9.17, 15) is 13.2 Å². The van der Waals surface area contributed by atoms with E-state index in [4.69, 9.17) is 4.74 Å². The van der Waals surface area contributed by atoms with E-state index in [0.717, 1.165) is 17.5 Å². The molecule has 3 fully saturated rings. The van der Waals surface area contributed by atoms with Gasteiger partial charge in [0.15, 0.2) is 0 Å². The van der Waals surface area contributed by atoms with Gasteiger partial charge >= 0.3 is 0 Å². The van der Waals surface area contributed by atoms with Crippen LogP contribution >= 0.6 is 0 Å². The van der Waals surface area contributed by atoms with Crippen LogP contribution in [0.4, 0.5) is 11.5 Å². The van der Waals surface area contributed by atoms with Gasteiger partial charge in [-0.3, -0.25) is 14.5 Å². The van der Waals surface area contributed by atoms with Crippen LogP contribution in [0.1, 0.15) is 50.4 Å². The van der Waals surface area contributed by atoms with E-state index in [1.165, 1.54) is 12.3 Å². The number of nitrogens with one attached hydrogen (secondary N) is 2. The third-order valence-electron chi connectivity index (χ3n) is 7.69. The smallest absolute Gasteiger partial charge is 0.238 e. The monoisotopic (exact) mass is 534 g/mol. The molecular weight excluding hydrogens is 504 g/mol. The summed E-state index contributed by atoms with van der Waals surface area (Å²) in [5, 5.41) is 2.76. The highest BCUT2D eigenvalue weighted by Gasteiger charge is 2.59. The highest BCUT2D eigenvalue weighted by Crippen LogP contribution is 2.60. The third kappa shape index (κ3) is 4.70. The molecule has 198 valence electrons. The van der Waals surface area contributed by atoms with Gasteiger partial charge in [-0.2, -0.15) is 0 Å². The third-order valence-corrected chi connectivity index (χ3v) is 9.54. The first-order valence-corrected chi connectivity index (χ1v) is 14.5. The predicted molar refractivity (Wildman–Crippen MR) is 142 cm³/mol. The highest BCUT2D eigenvalue weighted by molar-refractivity contribution is 7.93. The molecule has 2 unspecified atom stereocenters. The number of fused-ring (bicyclic) bond motifs is 1. The van der Waals surface area contributed by atoms with Crippen molar-refractivity contribution in [3.63, 3.8) is 0 Å². The van der Waals surface area contributed by atoms with Crippen LogP contribution in [-0.4, -0.2) is 46.1 Å². The Morgan fingerprint density at radius 1 is 1.13 bits per heavy atom. The number of ether oxygens (including phenoxy) is 1. The summed E-state index contributed by atoms with van der Waals surface area (Å²) < 4.78 is 33.0. The molecule has 3 aromatic rings. The summed E-state index contributed by atoms with van der Waals surface area (Å²) in [5.74, 6) is 1.82. The Hall–Kier alpha value is -3.60. The second kappa shape index (κ2) is 9.30. The molecule has 3 aliphatic rings. The van der Waals surface area contributed by atoms with Crippen LogP contribution < -0.4 is 14.8 Å². The minimum Gasteiger partial charge on any atom is -0.477 e. The molecule has 2 aromatic heterocycles. The van der Waals surface area contributed by atoms with Crippen molar-refractivity contribution in [3.8, 4) is 17.1 Å². The lowest BCUT2D eigenvalue weighted by Crippen LogP contribution is -2.41. The van der Waals surface area contributed by atoms with Crippen LogP contribution in [0.25, 0.3) is 11.3 Å². The standard InChI is InChI=1S/C27H30N6O4S/c1-3-37-24-15-28-14-22(30-24)17-4-7-21(16(2)10-17)31-26(34)27(12-18-11-19(18)13-27)25-29-9-8-23(32-25)33-38(35,36)20-5-6-20/h4,7-10,14-15,18-20H,3,5-6,11-13H2,1-2H3,(H,31,34)(H,29,32,33). The van der Waals surface area contributed by atoms with Crippen LogP contribution in [-0.2, 0) is 20.2 Å². The molecule has 0 spiro atoms. The van der Waals surface area contributed by atoms with E-state index in [1.807, 2.05) is 32.0 Å². The second-order valence-corrected chi connectivity index (χ2v) is 12.5. The van der Waals surface area contributed by atoms with Gasteiger partial charge in [-0.05, 0) is 81.5 Å². The summed E-state index contributed by atoms with van der Waals surface area (Å²) >= 11 is 0. The summed E-state index contributed by atoms with van der Waals surface area (Å²) in [6.45, 7) is 4.33. The molecular formula is C27H30N6O4S. The van der Waals surface area contributed by atoms with Gasteiger partial charge in [0, 0.05) is 17.4 Å². The normalized spacial score (nSPS) is 23.9. The maximum atomic E-state index is 13.9. The van der Waals surface area contributed by atoms with Gasteiger partial charge in [0.25, 0.3) is 0 Å². The van der Waals surface area contributed by atoms with Crippen LogP contribution in [0.3, 0.4) is 0 Å². The number of anilines is 2. The number of carbonyl (C=O) groups excluding carboxylic acids is 1. The van der Waals surface area contributed by atoms with Gasteiger partial charge in [0.05, 0.1) is 29.9 Å². The van der Waals surface area contributed by atoms with E-state index in [-0.39, 0.29) is 17.0 Å². The molecule has 2 atom stereocenters. The zero-order valence-electron chi connectivity index (χ0n) is 21.3. The molecule has 3 saturated carbocycles. The van der Waals surface area contributed by atoms with E-state index in [2.05, 4.69) is 30.0 Å². The minimum atomic E-state index is -3.47. The number of aryl methyl sites for hydroxylation is 1. The molecule has 38 heavy (non-hydrogen) atoms. The minimum absolute atomic E-state index is 0.166. The Bertz CT molecular complexity index is 1500. The fourth-order valence-corrected chi connectivity index (χ4v) is 6.75. The number of amides is 1. The maximum Gasteiger partial charge on any atom is 0.238 e. The lowest BCUT2D eigenvalue weighted by atomic mass is 9.80. The first kappa shape index (κ1) is 24.7. The number of hydrogen-bond donors (Lipinski definition) is 2. The molecule has 6 rings (SSSR count). The molecule has 0 bridgehead atoms. The van der Waals surface area contributed by atoms with Crippen LogP contribution in [0.5, 0.6) is 5.88 Å². The Labute approximate surface area is 221 Å². The first-order chi connectivity index (χ1) is 18.3. The molecule has 2 heterocycles. The summed E-state index contributed by atoms with van der Waals surface area (Å²) in [6.07, 6.45) is 8.52. The number of rotatable bonds is 9. The van der Waals surface area contributed by atoms with Gasteiger partial charge in [0.1, 0.15) is 17.1 Å². The second-order valence-electron chi connectivity index (χ2n) is 10.5. The van der Waals surface area contributed by atoms with Crippen molar-refractivity contribution in [3.05, 3.63) is 54.2 Å². The van der Waals surface area contributed by atoms with Crippen molar-refractivity contribution in [1.82, 2.24) is 19.9 Å². The summed E-state index contributed by atoms with van der Waals surface area (Å²) in [5.41, 5.74) is 2.22. The molecule has 0 aliphatic heterocycles. The molecule has 0 radical (unpaired) electrons. The van der Waals surface area contributed by atoms with Crippen LogP contribution in [0.2, 0.25) is 0 Å². The van der Waals surface area contributed by atoms with Crippen LogP contribution in [0.15, 0.2) is 42.9 Å². The Morgan fingerprint density at radius 3 is 2.63 bits per heavy atom.